The molecule has 1 heterocycles. The lowest BCUT2D eigenvalue weighted by molar-refractivity contribution is -0.120. The largest absolute Gasteiger partial charge is 0.497 e. The van der Waals surface area contributed by atoms with E-state index in [4.69, 9.17) is 9.47 Å². The van der Waals surface area contributed by atoms with Gasteiger partial charge < -0.3 is 14.4 Å². The molecule has 5 nitrogen and oxygen atoms in total. The van der Waals surface area contributed by atoms with Crippen molar-refractivity contribution in [3.05, 3.63) is 53.6 Å². The van der Waals surface area contributed by atoms with Gasteiger partial charge in [-0.15, -0.1) is 0 Å². The molecule has 0 spiro atoms. The Morgan fingerprint density at radius 2 is 1.81 bits per heavy atom. The molecule has 3 rings (SSSR count). The fourth-order valence-electron chi connectivity index (χ4n) is 3.12. The molecule has 0 saturated heterocycles. The van der Waals surface area contributed by atoms with Gasteiger partial charge in [-0.2, -0.15) is 0 Å². The van der Waals surface area contributed by atoms with Crippen molar-refractivity contribution in [3.8, 4) is 11.5 Å². The first-order chi connectivity index (χ1) is 12.6. The molecule has 26 heavy (non-hydrogen) atoms. The number of aryl methyl sites for hydroxylation is 1. The number of anilines is 1. The number of benzene rings is 2. The SMILES string of the molecule is CCC(=O)c1ccc(OCC(=O)N2CCCc3cc(OC)ccc32)cc1. The zero-order chi connectivity index (χ0) is 18.5. The quantitative estimate of drug-likeness (QED) is 0.744. The number of ether oxygens (including phenoxy) is 2. The van der Waals surface area contributed by atoms with Crippen molar-refractivity contribution in [1.82, 2.24) is 0 Å². The second kappa shape index (κ2) is 8.04. The molecule has 2 aromatic carbocycles. The first-order valence-corrected chi connectivity index (χ1v) is 8.85. The minimum Gasteiger partial charge on any atom is -0.497 e. The molecule has 0 bridgehead atoms. The van der Waals surface area contributed by atoms with Gasteiger partial charge in [-0.25, -0.2) is 0 Å². The van der Waals surface area contributed by atoms with E-state index in [1.54, 1.807) is 36.3 Å². The highest BCUT2D eigenvalue weighted by Crippen LogP contribution is 2.30. The summed E-state index contributed by atoms with van der Waals surface area (Å²) in [7, 11) is 1.64. The highest BCUT2D eigenvalue weighted by Gasteiger charge is 2.23. The van der Waals surface area contributed by atoms with Crippen molar-refractivity contribution in [2.24, 2.45) is 0 Å². The van der Waals surface area contributed by atoms with E-state index < -0.39 is 0 Å². The van der Waals surface area contributed by atoms with Gasteiger partial charge in [0.05, 0.1) is 7.11 Å². The summed E-state index contributed by atoms with van der Waals surface area (Å²) in [6.45, 7) is 2.48. The molecular formula is C21H23NO4. The average molecular weight is 353 g/mol. The number of carbonyl (C=O) groups is 2. The van der Waals surface area contributed by atoms with Crippen LogP contribution >= 0.6 is 0 Å². The minimum atomic E-state index is -0.0789. The lowest BCUT2D eigenvalue weighted by atomic mass is 10.0. The molecule has 0 aliphatic carbocycles. The highest BCUT2D eigenvalue weighted by atomic mass is 16.5. The van der Waals surface area contributed by atoms with Crippen molar-refractivity contribution in [3.63, 3.8) is 0 Å². The second-order valence-electron chi connectivity index (χ2n) is 6.23. The zero-order valence-electron chi connectivity index (χ0n) is 15.2. The van der Waals surface area contributed by atoms with Crippen LogP contribution in [-0.2, 0) is 11.2 Å². The maximum atomic E-state index is 12.6. The molecule has 136 valence electrons. The number of fused-ring (bicyclic) bond motifs is 1. The first-order valence-electron chi connectivity index (χ1n) is 8.85. The molecular weight excluding hydrogens is 330 g/mol. The Bertz CT molecular complexity index is 798. The monoisotopic (exact) mass is 353 g/mol. The molecule has 0 unspecified atom stereocenters. The number of carbonyl (C=O) groups excluding carboxylic acids is 2. The number of amides is 1. The molecule has 1 aliphatic rings. The van der Waals surface area contributed by atoms with Crippen LogP contribution in [0.5, 0.6) is 11.5 Å². The molecule has 0 fully saturated rings. The van der Waals surface area contributed by atoms with E-state index in [9.17, 15) is 9.59 Å². The van der Waals surface area contributed by atoms with E-state index in [0.717, 1.165) is 29.8 Å². The summed E-state index contributed by atoms with van der Waals surface area (Å²) in [4.78, 5) is 26.0. The summed E-state index contributed by atoms with van der Waals surface area (Å²) in [5, 5.41) is 0. The van der Waals surface area contributed by atoms with Crippen LogP contribution in [0.15, 0.2) is 42.5 Å². The van der Waals surface area contributed by atoms with E-state index in [0.29, 0.717) is 24.3 Å². The zero-order valence-corrected chi connectivity index (χ0v) is 15.2. The molecule has 1 aliphatic heterocycles. The fraction of sp³-hybridized carbons (Fsp3) is 0.333. The normalized spacial score (nSPS) is 13.1. The van der Waals surface area contributed by atoms with Gasteiger partial charge in [-0.3, -0.25) is 9.59 Å². The van der Waals surface area contributed by atoms with Crippen LogP contribution in [-0.4, -0.2) is 32.0 Å². The van der Waals surface area contributed by atoms with Gasteiger partial charge in [-0.1, -0.05) is 6.92 Å². The van der Waals surface area contributed by atoms with Crippen molar-refractivity contribution in [2.45, 2.75) is 26.2 Å². The number of hydrogen-bond donors (Lipinski definition) is 0. The third-order valence-corrected chi connectivity index (χ3v) is 4.57. The Labute approximate surface area is 153 Å². The van der Waals surface area contributed by atoms with Gasteiger partial charge in [-0.05, 0) is 60.9 Å². The van der Waals surface area contributed by atoms with Gasteiger partial charge in [0.15, 0.2) is 12.4 Å². The Hall–Kier alpha value is -2.82. The predicted octanol–water partition coefficient (Wildman–Crippen LogP) is 3.65. The van der Waals surface area contributed by atoms with Crippen LogP contribution in [0.1, 0.15) is 35.7 Å². The summed E-state index contributed by atoms with van der Waals surface area (Å²) in [6, 6.07) is 12.7. The molecule has 5 heteroatoms. The lowest BCUT2D eigenvalue weighted by Crippen LogP contribution is -2.38. The smallest absolute Gasteiger partial charge is 0.264 e. The summed E-state index contributed by atoms with van der Waals surface area (Å²) >= 11 is 0. The van der Waals surface area contributed by atoms with Crippen LogP contribution < -0.4 is 14.4 Å². The Kier molecular flexibility index (Phi) is 5.56. The highest BCUT2D eigenvalue weighted by molar-refractivity contribution is 5.96. The number of Topliss-reactive ketones (excluding diaryl/α,β-unsaturated/α-hetero) is 1. The Morgan fingerprint density at radius 1 is 1.08 bits per heavy atom. The van der Waals surface area contributed by atoms with Gasteiger partial charge >= 0.3 is 0 Å². The van der Waals surface area contributed by atoms with Crippen molar-refractivity contribution in [1.29, 1.82) is 0 Å². The number of ketones is 1. The standard InChI is InChI=1S/C21H23NO4/c1-3-20(23)15-6-8-17(9-7-15)26-14-21(24)22-12-4-5-16-13-18(25-2)10-11-19(16)22/h6-11,13H,3-5,12,14H2,1-2H3. The Morgan fingerprint density at radius 3 is 2.50 bits per heavy atom. The third-order valence-electron chi connectivity index (χ3n) is 4.57. The molecule has 0 saturated carbocycles. The van der Waals surface area contributed by atoms with E-state index in [2.05, 4.69) is 0 Å². The predicted molar refractivity (Wildman–Crippen MR) is 100 cm³/mol. The lowest BCUT2D eigenvalue weighted by Gasteiger charge is -2.29. The number of rotatable bonds is 6. The number of methoxy groups -OCH3 is 1. The molecule has 0 atom stereocenters. The second-order valence-corrected chi connectivity index (χ2v) is 6.23. The molecule has 0 radical (unpaired) electrons. The average Bonchev–Trinajstić information content (AvgIpc) is 2.70. The van der Waals surface area contributed by atoms with Crippen molar-refractivity contribution in [2.75, 3.05) is 25.2 Å². The summed E-state index contributed by atoms with van der Waals surface area (Å²) < 4.78 is 10.9. The maximum Gasteiger partial charge on any atom is 0.264 e. The Balaban J connectivity index is 1.65. The fourth-order valence-corrected chi connectivity index (χ4v) is 3.12. The van der Waals surface area contributed by atoms with E-state index in [1.165, 1.54) is 0 Å². The van der Waals surface area contributed by atoms with Gasteiger partial charge in [0, 0.05) is 24.2 Å². The third kappa shape index (κ3) is 3.87. The molecule has 0 aromatic heterocycles. The minimum absolute atomic E-state index is 0.0352. The summed E-state index contributed by atoms with van der Waals surface area (Å²) in [6.07, 6.45) is 2.32. The maximum absolute atomic E-state index is 12.6. The van der Waals surface area contributed by atoms with Crippen LogP contribution in [0.3, 0.4) is 0 Å². The van der Waals surface area contributed by atoms with E-state index >= 15 is 0 Å². The summed E-state index contributed by atoms with van der Waals surface area (Å²) in [5.74, 6) is 1.40. The number of hydrogen-bond acceptors (Lipinski definition) is 4. The van der Waals surface area contributed by atoms with Gasteiger partial charge in [0.2, 0.25) is 0 Å². The number of nitrogens with zero attached hydrogens (tertiary/aromatic N) is 1. The van der Waals surface area contributed by atoms with Gasteiger partial charge in [0.1, 0.15) is 11.5 Å². The van der Waals surface area contributed by atoms with E-state index in [-0.39, 0.29) is 18.3 Å². The molecule has 1 amide bonds. The van der Waals surface area contributed by atoms with Gasteiger partial charge in [0.25, 0.3) is 5.91 Å². The van der Waals surface area contributed by atoms with Crippen LogP contribution in [0.2, 0.25) is 0 Å². The van der Waals surface area contributed by atoms with Crippen molar-refractivity contribution < 1.29 is 19.1 Å². The summed E-state index contributed by atoms with van der Waals surface area (Å²) in [5.41, 5.74) is 2.70. The van der Waals surface area contributed by atoms with Crippen LogP contribution in [0.25, 0.3) is 0 Å². The van der Waals surface area contributed by atoms with Crippen LogP contribution in [0, 0.1) is 0 Å². The van der Waals surface area contributed by atoms with Crippen LogP contribution in [0.4, 0.5) is 5.69 Å². The first kappa shape index (κ1) is 18.0. The topological polar surface area (TPSA) is 55.8 Å². The van der Waals surface area contributed by atoms with Crippen molar-refractivity contribution >= 4 is 17.4 Å². The van der Waals surface area contributed by atoms with E-state index in [1.807, 2.05) is 25.1 Å². The molecule has 0 N–H and O–H groups in total. The molecule has 2 aromatic rings.